The Morgan fingerprint density at radius 3 is 3.00 bits per heavy atom. The zero-order valence-electron chi connectivity index (χ0n) is 9.63. The first-order valence-corrected chi connectivity index (χ1v) is 7.02. The van der Waals surface area contributed by atoms with Crippen LogP contribution in [0.15, 0.2) is 28.2 Å². The molecule has 0 aromatic carbocycles. The number of aromatic nitrogens is 2. The van der Waals surface area contributed by atoms with Gasteiger partial charge in [-0.3, -0.25) is 4.79 Å². The molecule has 0 saturated heterocycles. The average Bonchev–Trinajstić information content (AvgIpc) is 2.76. The molecule has 1 atom stereocenters. The molecular formula is C12H11BrN2O2S. The first kappa shape index (κ1) is 13.2. The van der Waals surface area contributed by atoms with E-state index in [2.05, 4.69) is 25.9 Å². The number of hydrogen-bond donors (Lipinski definition) is 1. The molecule has 0 saturated carbocycles. The minimum absolute atomic E-state index is 0.343. The molecule has 4 nitrogen and oxygen atoms in total. The van der Waals surface area contributed by atoms with Crippen LogP contribution < -0.4 is 0 Å². The third kappa shape index (κ3) is 3.14. The largest absolute Gasteiger partial charge is 0.481 e. The average molecular weight is 327 g/mol. The van der Waals surface area contributed by atoms with Gasteiger partial charge < -0.3 is 5.11 Å². The van der Waals surface area contributed by atoms with Crippen molar-refractivity contribution in [2.24, 2.45) is 5.92 Å². The van der Waals surface area contributed by atoms with Crippen molar-refractivity contribution in [3.05, 3.63) is 34.0 Å². The van der Waals surface area contributed by atoms with Gasteiger partial charge in [0.05, 0.1) is 16.5 Å². The van der Waals surface area contributed by atoms with E-state index < -0.39 is 11.9 Å². The van der Waals surface area contributed by atoms with E-state index in [0.29, 0.717) is 12.2 Å². The summed E-state index contributed by atoms with van der Waals surface area (Å²) in [5.41, 5.74) is 0.827. The molecule has 0 aliphatic rings. The van der Waals surface area contributed by atoms with E-state index in [1.165, 1.54) is 0 Å². The molecule has 0 bridgehead atoms. The molecule has 1 N–H and O–H groups in total. The number of hydrogen-bond acceptors (Lipinski definition) is 4. The maximum atomic E-state index is 10.8. The molecule has 2 aromatic heterocycles. The number of nitrogens with zero attached hydrogens (tertiary/aromatic N) is 2. The molecule has 2 aromatic rings. The number of aliphatic carboxylic acids is 1. The summed E-state index contributed by atoms with van der Waals surface area (Å²) in [7, 11) is 0. The van der Waals surface area contributed by atoms with Crippen LogP contribution in [-0.2, 0) is 11.2 Å². The van der Waals surface area contributed by atoms with Gasteiger partial charge in [0.15, 0.2) is 0 Å². The van der Waals surface area contributed by atoms with Gasteiger partial charge in [-0.15, -0.1) is 11.3 Å². The molecule has 0 aliphatic heterocycles. The molecular weight excluding hydrogens is 316 g/mol. The van der Waals surface area contributed by atoms with E-state index in [-0.39, 0.29) is 0 Å². The highest BCUT2D eigenvalue weighted by atomic mass is 79.9. The third-order valence-corrected chi connectivity index (χ3v) is 4.15. The molecule has 0 aliphatic carbocycles. The van der Waals surface area contributed by atoms with Gasteiger partial charge in [0.1, 0.15) is 5.82 Å². The second kappa shape index (κ2) is 5.58. The minimum Gasteiger partial charge on any atom is -0.481 e. The van der Waals surface area contributed by atoms with Crippen molar-refractivity contribution in [2.75, 3.05) is 0 Å². The zero-order valence-corrected chi connectivity index (χ0v) is 12.0. The Labute approximate surface area is 117 Å². The van der Waals surface area contributed by atoms with Crippen LogP contribution in [0, 0.1) is 5.92 Å². The highest BCUT2D eigenvalue weighted by molar-refractivity contribution is 9.10. The molecule has 18 heavy (non-hydrogen) atoms. The Morgan fingerprint density at radius 2 is 2.39 bits per heavy atom. The van der Waals surface area contributed by atoms with Gasteiger partial charge in [-0.25, -0.2) is 9.97 Å². The van der Waals surface area contributed by atoms with Crippen molar-refractivity contribution in [2.45, 2.75) is 13.3 Å². The lowest BCUT2D eigenvalue weighted by molar-refractivity contribution is -0.141. The summed E-state index contributed by atoms with van der Waals surface area (Å²) in [6, 6.07) is 3.81. The number of halogens is 1. The molecule has 94 valence electrons. The van der Waals surface area contributed by atoms with Crippen LogP contribution in [0.4, 0.5) is 0 Å². The lowest BCUT2D eigenvalue weighted by atomic mass is 10.1. The van der Waals surface area contributed by atoms with E-state index in [0.717, 1.165) is 15.0 Å². The van der Waals surface area contributed by atoms with Gasteiger partial charge >= 0.3 is 5.97 Å². The molecule has 0 fully saturated rings. The summed E-state index contributed by atoms with van der Waals surface area (Å²) in [4.78, 5) is 20.3. The fraction of sp³-hybridized carbons (Fsp3) is 0.250. The predicted octanol–water partition coefficient (Wildman–Crippen LogP) is 3.23. The number of carboxylic acids is 1. The smallest absolute Gasteiger partial charge is 0.306 e. The molecule has 2 heterocycles. The first-order valence-electron chi connectivity index (χ1n) is 5.35. The Bertz CT molecular complexity index is 571. The SMILES string of the molecule is CC(Cc1nccc(-c2cc(Br)cs2)n1)C(=O)O. The summed E-state index contributed by atoms with van der Waals surface area (Å²) in [6.07, 6.45) is 2.01. The van der Waals surface area contributed by atoms with Crippen molar-refractivity contribution in [1.82, 2.24) is 9.97 Å². The van der Waals surface area contributed by atoms with Crippen molar-refractivity contribution in [3.63, 3.8) is 0 Å². The Kier molecular flexibility index (Phi) is 4.08. The number of carbonyl (C=O) groups is 1. The van der Waals surface area contributed by atoms with E-state index in [9.17, 15) is 4.79 Å². The van der Waals surface area contributed by atoms with Crippen molar-refractivity contribution in [1.29, 1.82) is 0 Å². The maximum absolute atomic E-state index is 10.8. The van der Waals surface area contributed by atoms with Crippen LogP contribution in [0.1, 0.15) is 12.7 Å². The number of thiophene rings is 1. The van der Waals surface area contributed by atoms with Gasteiger partial charge in [0.25, 0.3) is 0 Å². The standard InChI is InChI=1S/C12H11BrN2O2S/c1-7(12(16)17)4-11-14-3-2-9(15-11)10-5-8(13)6-18-10/h2-3,5-7H,4H2,1H3,(H,16,17). The first-order chi connectivity index (χ1) is 8.56. The fourth-order valence-corrected chi connectivity index (χ4v) is 2.84. The fourth-order valence-electron chi connectivity index (χ4n) is 1.44. The van der Waals surface area contributed by atoms with Crippen molar-refractivity contribution >= 4 is 33.2 Å². The van der Waals surface area contributed by atoms with Crippen LogP contribution in [0.3, 0.4) is 0 Å². The lowest BCUT2D eigenvalue weighted by Crippen LogP contribution is -2.14. The Hall–Kier alpha value is -1.27. The number of carboxylic acid groups (broad SMARTS) is 1. The van der Waals surface area contributed by atoms with E-state index in [1.54, 1.807) is 24.5 Å². The predicted molar refractivity (Wildman–Crippen MR) is 73.5 cm³/mol. The zero-order chi connectivity index (χ0) is 13.1. The number of rotatable bonds is 4. The normalized spacial score (nSPS) is 12.3. The van der Waals surface area contributed by atoms with Crippen LogP contribution >= 0.6 is 27.3 Å². The van der Waals surface area contributed by atoms with E-state index >= 15 is 0 Å². The summed E-state index contributed by atoms with van der Waals surface area (Å²) in [5, 5.41) is 10.9. The highest BCUT2D eigenvalue weighted by Gasteiger charge is 2.14. The quantitative estimate of drug-likeness (QED) is 0.936. The van der Waals surface area contributed by atoms with Crippen LogP contribution in [0.5, 0.6) is 0 Å². The lowest BCUT2D eigenvalue weighted by Gasteiger charge is -2.05. The minimum atomic E-state index is -0.831. The van der Waals surface area contributed by atoms with Crippen molar-refractivity contribution in [3.8, 4) is 10.6 Å². The van der Waals surface area contributed by atoms with E-state index in [4.69, 9.17) is 5.11 Å². The Morgan fingerprint density at radius 1 is 1.61 bits per heavy atom. The van der Waals surface area contributed by atoms with Gasteiger partial charge in [-0.2, -0.15) is 0 Å². The van der Waals surface area contributed by atoms with Crippen molar-refractivity contribution < 1.29 is 9.90 Å². The topological polar surface area (TPSA) is 63.1 Å². The highest BCUT2D eigenvalue weighted by Crippen LogP contribution is 2.28. The maximum Gasteiger partial charge on any atom is 0.306 e. The second-order valence-electron chi connectivity index (χ2n) is 3.93. The van der Waals surface area contributed by atoms with Crippen LogP contribution in [0.2, 0.25) is 0 Å². The van der Waals surface area contributed by atoms with Gasteiger partial charge in [0, 0.05) is 22.5 Å². The van der Waals surface area contributed by atoms with Crippen LogP contribution in [0.25, 0.3) is 10.6 Å². The molecule has 1 unspecified atom stereocenters. The molecule has 0 spiro atoms. The monoisotopic (exact) mass is 326 g/mol. The summed E-state index contributed by atoms with van der Waals surface area (Å²) >= 11 is 4.98. The van der Waals surface area contributed by atoms with Gasteiger partial charge in [-0.1, -0.05) is 6.92 Å². The van der Waals surface area contributed by atoms with E-state index in [1.807, 2.05) is 17.5 Å². The van der Waals surface area contributed by atoms with Gasteiger partial charge in [-0.05, 0) is 28.1 Å². The Balaban J connectivity index is 2.22. The summed E-state index contributed by atoms with van der Waals surface area (Å²) in [6.45, 7) is 1.65. The summed E-state index contributed by atoms with van der Waals surface area (Å²) < 4.78 is 1.02. The molecule has 0 amide bonds. The molecule has 6 heteroatoms. The van der Waals surface area contributed by atoms with Crippen LogP contribution in [-0.4, -0.2) is 21.0 Å². The van der Waals surface area contributed by atoms with Gasteiger partial charge in [0.2, 0.25) is 0 Å². The molecule has 2 rings (SSSR count). The molecule has 0 radical (unpaired) electrons. The summed E-state index contributed by atoms with van der Waals surface area (Å²) in [5.74, 6) is -0.745. The second-order valence-corrected chi connectivity index (χ2v) is 5.76. The third-order valence-electron chi connectivity index (χ3n) is 2.44.